The minimum absolute atomic E-state index is 0.299. The Morgan fingerprint density at radius 2 is 1.71 bits per heavy atom. The number of anilines is 2. The first-order chi connectivity index (χ1) is 9.66. The molecule has 2 rings (SSSR count). The molecule has 1 aromatic rings. The van der Waals surface area contributed by atoms with Gasteiger partial charge in [0.15, 0.2) is 0 Å². The lowest BCUT2D eigenvalue weighted by atomic mass is 9.85. The van der Waals surface area contributed by atoms with Crippen molar-refractivity contribution in [1.29, 1.82) is 0 Å². The molecule has 1 aromatic carbocycles. The SMILES string of the molecule is CC(C)(C)CC1CCNc2ccccc2N1CC(C)(C)C. The molecule has 0 amide bonds. The summed E-state index contributed by atoms with van der Waals surface area (Å²) in [6.07, 6.45) is 2.45. The number of fused-ring (bicyclic) bond motifs is 1. The van der Waals surface area contributed by atoms with Crippen LogP contribution in [0.2, 0.25) is 0 Å². The molecule has 0 radical (unpaired) electrons. The Balaban J connectivity index is 2.36. The Morgan fingerprint density at radius 1 is 1.05 bits per heavy atom. The summed E-state index contributed by atoms with van der Waals surface area (Å²) < 4.78 is 0. The van der Waals surface area contributed by atoms with Crippen LogP contribution in [0.15, 0.2) is 24.3 Å². The van der Waals surface area contributed by atoms with E-state index in [1.165, 1.54) is 24.2 Å². The molecule has 1 unspecified atom stereocenters. The molecule has 21 heavy (non-hydrogen) atoms. The van der Waals surface area contributed by atoms with Gasteiger partial charge >= 0.3 is 0 Å². The highest BCUT2D eigenvalue weighted by molar-refractivity contribution is 5.71. The number of benzene rings is 1. The van der Waals surface area contributed by atoms with Crippen LogP contribution in [-0.2, 0) is 0 Å². The van der Waals surface area contributed by atoms with Crippen molar-refractivity contribution in [3.8, 4) is 0 Å². The fraction of sp³-hybridized carbons (Fsp3) is 0.684. The van der Waals surface area contributed by atoms with Gasteiger partial charge in [-0.05, 0) is 35.8 Å². The molecule has 118 valence electrons. The van der Waals surface area contributed by atoms with Crippen LogP contribution in [0.1, 0.15) is 54.4 Å². The number of para-hydroxylation sites is 2. The van der Waals surface area contributed by atoms with E-state index in [1.807, 2.05) is 0 Å². The Hall–Kier alpha value is -1.18. The highest BCUT2D eigenvalue weighted by atomic mass is 15.2. The zero-order chi connectivity index (χ0) is 15.7. The van der Waals surface area contributed by atoms with E-state index in [4.69, 9.17) is 0 Å². The maximum absolute atomic E-state index is 3.61. The van der Waals surface area contributed by atoms with Crippen LogP contribution in [0.3, 0.4) is 0 Å². The predicted octanol–water partition coefficient (Wildman–Crippen LogP) is 5.16. The maximum Gasteiger partial charge on any atom is 0.0604 e. The van der Waals surface area contributed by atoms with Gasteiger partial charge in [-0.15, -0.1) is 0 Å². The number of nitrogens with zero attached hydrogens (tertiary/aromatic N) is 1. The number of hydrogen-bond acceptors (Lipinski definition) is 2. The molecule has 0 saturated heterocycles. The van der Waals surface area contributed by atoms with E-state index in [-0.39, 0.29) is 0 Å². The third kappa shape index (κ3) is 4.66. The number of nitrogens with one attached hydrogen (secondary N) is 1. The predicted molar refractivity (Wildman–Crippen MR) is 94.2 cm³/mol. The minimum Gasteiger partial charge on any atom is -0.383 e. The lowest BCUT2D eigenvalue weighted by Gasteiger charge is -2.40. The Bertz CT molecular complexity index is 465. The molecule has 0 bridgehead atoms. The summed E-state index contributed by atoms with van der Waals surface area (Å²) in [7, 11) is 0. The van der Waals surface area contributed by atoms with Crippen molar-refractivity contribution in [1.82, 2.24) is 0 Å². The van der Waals surface area contributed by atoms with Crippen molar-refractivity contribution in [3.05, 3.63) is 24.3 Å². The molecule has 0 spiro atoms. The molecule has 0 aromatic heterocycles. The van der Waals surface area contributed by atoms with Crippen LogP contribution in [-0.4, -0.2) is 19.1 Å². The average molecular weight is 288 g/mol. The van der Waals surface area contributed by atoms with Crippen molar-refractivity contribution in [2.24, 2.45) is 10.8 Å². The van der Waals surface area contributed by atoms with Crippen LogP contribution >= 0.6 is 0 Å². The molecule has 1 N–H and O–H groups in total. The summed E-state index contributed by atoms with van der Waals surface area (Å²) in [6.45, 7) is 16.2. The molecule has 1 aliphatic heterocycles. The molecule has 0 saturated carbocycles. The lowest BCUT2D eigenvalue weighted by molar-refractivity contribution is 0.303. The van der Waals surface area contributed by atoms with Gasteiger partial charge in [0.25, 0.3) is 0 Å². The Kier molecular flexibility index (Phi) is 4.55. The topological polar surface area (TPSA) is 15.3 Å². The maximum atomic E-state index is 3.61. The Labute approximate surface area is 130 Å². The average Bonchev–Trinajstić information content (AvgIpc) is 2.47. The molecule has 2 heteroatoms. The van der Waals surface area contributed by atoms with Crippen molar-refractivity contribution in [3.63, 3.8) is 0 Å². The van der Waals surface area contributed by atoms with Crippen molar-refractivity contribution < 1.29 is 0 Å². The van der Waals surface area contributed by atoms with Gasteiger partial charge in [-0.2, -0.15) is 0 Å². The monoisotopic (exact) mass is 288 g/mol. The number of rotatable bonds is 2. The fourth-order valence-corrected chi connectivity index (χ4v) is 3.24. The molecule has 0 aliphatic carbocycles. The second kappa shape index (κ2) is 5.90. The quantitative estimate of drug-likeness (QED) is 0.808. The van der Waals surface area contributed by atoms with Gasteiger partial charge in [0.2, 0.25) is 0 Å². The third-order valence-corrected chi connectivity index (χ3v) is 3.94. The summed E-state index contributed by atoms with van der Waals surface area (Å²) >= 11 is 0. The van der Waals surface area contributed by atoms with Gasteiger partial charge < -0.3 is 10.2 Å². The first-order valence-electron chi connectivity index (χ1n) is 8.25. The van der Waals surface area contributed by atoms with E-state index < -0.39 is 0 Å². The fourth-order valence-electron chi connectivity index (χ4n) is 3.24. The summed E-state index contributed by atoms with van der Waals surface area (Å²) in [5.74, 6) is 0. The van der Waals surface area contributed by atoms with Crippen LogP contribution in [0.5, 0.6) is 0 Å². The van der Waals surface area contributed by atoms with Crippen molar-refractivity contribution in [2.75, 3.05) is 23.3 Å². The Morgan fingerprint density at radius 3 is 2.33 bits per heavy atom. The highest BCUT2D eigenvalue weighted by Gasteiger charge is 2.30. The first-order valence-corrected chi connectivity index (χ1v) is 8.25. The van der Waals surface area contributed by atoms with Gasteiger partial charge in [-0.3, -0.25) is 0 Å². The molecule has 2 nitrogen and oxygen atoms in total. The van der Waals surface area contributed by atoms with Crippen LogP contribution in [0.25, 0.3) is 0 Å². The zero-order valence-corrected chi connectivity index (χ0v) is 14.7. The van der Waals surface area contributed by atoms with E-state index in [0.29, 0.717) is 16.9 Å². The van der Waals surface area contributed by atoms with Crippen LogP contribution in [0, 0.1) is 10.8 Å². The molecule has 1 heterocycles. The smallest absolute Gasteiger partial charge is 0.0604 e. The van der Waals surface area contributed by atoms with E-state index in [1.54, 1.807) is 0 Å². The van der Waals surface area contributed by atoms with Crippen LogP contribution < -0.4 is 10.2 Å². The van der Waals surface area contributed by atoms with Gasteiger partial charge in [0, 0.05) is 19.1 Å². The molecule has 0 fully saturated rings. The summed E-state index contributed by atoms with van der Waals surface area (Å²) in [4.78, 5) is 2.65. The first kappa shape index (κ1) is 16.2. The van der Waals surface area contributed by atoms with Crippen LogP contribution in [0.4, 0.5) is 11.4 Å². The number of hydrogen-bond donors (Lipinski definition) is 1. The molecule has 1 atom stereocenters. The summed E-state index contributed by atoms with van der Waals surface area (Å²) in [5, 5.41) is 3.61. The molecular weight excluding hydrogens is 256 g/mol. The van der Waals surface area contributed by atoms with E-state index in [2.05, 4.69) is 76.0 Å². The third-order valence-electron chi connectivity index (χ3n) is 3.94. The normalized spacial score (nSPS) is 19.7. The lowest BCUT2D eigenvalue weighted by Crippen LogP contribution is -2.42. The minimum atomic E-state index is 0.299. The second-order valence-corrected chi connectivity index (χ2v) is 8.84. The largest absolute Gasteiger partial charge is 0.383 e. The molecular formula is C19H32N2. The van der Waals surface area contributed by atoms with Crippen molar-refractivity contribution >= 4 is 11.4 Å². The van der Waals surface area contributed by atoms with E-state index in [9.17, 15) is 0 Å². The standard InChI is InChI=1S/C19H32N2/c1-18(2,3)13-15-11-12-20-16-9-7-8-10-17(16)21(15)14-19(4,5)6/h7-10,15,20H,11-14H2,1-6H3. The second-order valence-electron chi connectivity index (χ2n) is 8.84. The van der Waals surface area contributed by atoms with Crippen molar-refractivity contribution in [2.45, 2.75) is 60.4 Å². The van der Waals surface area contributed by atoms with Gasteiger partial charge in [0.1, 0.15) is 0 Å². The molecule has 1 aliphatic rings. The van der Waals surface area contributed by atoms with Gasteiger partial charge in [0.05, 0.1) is 11.4 Å². The van der Waals surface area contributed by atoms with E-state index in [0.717, 1.165) is 13.1 Å². The van der Waals surface area contributed by atoms with Gasteiger partial charge in [-0.1, -0.05) is 53.7 Å². The van der Waals surface area contributed by atoms with Gasteiger partial charge in [-0.25, -0.2) is 0 Å². The zero-order valence-electron chi connectivity index (χ0n) is 14.7. The highest BCUT2D eigenvalue weighted by Crippen LogP contribution is 2.37. The van der Waals surface area contributed by atoms with E-state index >= 15 is 0 Å². The summed E-state index contributed by atoms with van der Waals surface area (Å²) in [6, 6.07) is 9.39. The summed E-state index contributed by atoms with van der Waals surface area (Å²) in [5.41, 5.74) is 3.32.